The fraction of sp³-hybridized carbons (Fsp3) is 0.318. The van der Waals surface area contributed by atoms with Crippen LogP contribution in [0.1, 0.15) is 28.4 Å². The minimum Gasteiger partial charge on any atom is -0.507 e. The van der Waals surface area contributed by atoms with Crippen molar-refractivity contribution < 1.29 is 19.0 Å². The first-order valence-corrected chi connectivity index (χ1v) is 9.95. The molecule has 0 atom stereocenters. The fourth-order valence-corrected chi connectivity index (χ4v) is 3.46. The smallest absolute Gasteiger partial charge is 0.189 e. The first-order chi connectivity index (χ1) is 14.0. The predicted octanol–water partition coefficient (Wildman–Crippen LogP) is 3.88. The Morgan fingerprint density at radius 3 is 2.76 bits per heavy atom. The molecule has 1 fully saturated rings. The molecule has 3 rings (SSSR count). The number of hydrogen-bond acceptors (Lipinski definition) is 5. The van der Waals surface area contributed by atoms with E-state index in [9.17, 15) is 14.3 Å². The summed E-state index contributed by atoms with van der Waals surface area (Å²) in [5, 5.41) is 13.9. The highest BCUT2D eigenvalue weighted by atomic mass is 35.5. The molecule has 0 spiro atoms. The van der Waals surface area contributed by atoms with Crippen molar-refractivity contribution in [2.75, 3.05) is 32.8 Å². The summed E-state index contributed by atoms with van der Waals surface area (Å²) in [5.41, 5.74) is 1.56. The highest BCUT2D eigenvalue weighted by Gasteiger charge is 2.18. The molecule has 2 N–H and O–H groups in total. The number of phenols is 1. The summed E-state index contributed by atoms with van der Waals surface area (Å²) in [6, 6.07) is 7.13. The van der Waals surface area contributed by atoms with Crippen LogP contribution in [-0.4, -0.2) is 48.6 Å². The molecule has 5 nitrogen and oxygen atoms in total. The van der Waals surface area contributed by atoms with Crippen LogP contribution in [0.15, 0.2) is 36.4 Å². The normalized spacial score (nSPS) is 15.0. The molecular weight excluding hydrogens is 395 g/mol. The Balaban J connectivity index is 1.85. The molecule has 1 aliphatic heterocycles. The van der Waals surface area contributed by atoms with Gasteiger partial charge in [-0.25, -0.2) is 4.39 Å². The molecule has 7 heteroatoms. The van der Waals surface area contributed by atoms with E-state index in [1.807, 2.05) is 6.92 Å². The van der Waals surface area contributed by atoms with Crippen molar-refractivity contribution in [3.8, 4) is 11.5 Å². The molecule has 2 aromatic carbocycles. The van der Waals surface area contributed by atoms with Gasteiger partial charge < -0.3 is 15.2 Å². The van der Waals surface area contributed by atoms with E-state index in [-0.39, 0.29) is 22.1 Å². The number of piperazine rings is 1. The summed E-state index contributed by atoms with van der Waals surface area (Å²) in [6.45, 7) is 6.59. The van der Waals surface area contributed by atoms with Crippen LogP contribution in [0.5, 0.6) is 11.5 Å². The number of phenolic OH excluding ortho intramolecular Hbond substituents is 1. The van der Waals surface area contributed by atoms with E-state index in [0.29, 0.717) is 24.5 Å². The van der Waals surface area contributed by atoms with E-state index >= 15 is 0 Å². The van der Waals surface area contributed by atoms with Gasteiger partial charge >= 0.3 is 0 Å². The third-order valence-corrected chi connectivity index (χ3v) is 5.05. The number of aromatic hydroxyl groups is 1. The first-order valence-electron chi connectivity index (χ1n) is 9.57. The van der Waals surface area contributed by atoms with Gasteiger partial charge in [0.15, 0.2) is 5.78 Å². The molecule has 2 aromatic rings. The second-order valence-corrected chi connectivity index (χ2v) is 7.21. The van der Waals surface area contributed by atoms with Gasteiger partial charge in [0.1, 0.15) is 17.3 Å². The highest BCUT2D eigenvalue weighted by Crippen LogP contribution is 2.30. The monoisotopic (exact) mass is 418 g/mol. The van der Waals surface area contributed by atoms with Crippen LogP contribution in [0.3, 0.4) is 0 Å². The van der Waals surface area contributed by atoms with Crippen LogP contribution >= 0.6 is 11.6 Å². The fourth-order valence-electron chi connectivity index (χ4n) is 3.23. The van der Waals surface area contributed by atoms with Crippen molar-refractivity contribution in [1.29, 1.82) is 0 Å². The lowest BCUT2D eigenvalue weighted by atomic mass is 10.0. The van der Waals surface area contributed by atoms with E-state index in [0.717, 1.165) is 31.7 Å². The van der Waals surface area contributed by atoms with Crippen molar-refractivity contribution in [3.63, 3.8) is 0 Å². The number of benzene rings is 2. The SMILES string of the molecule is CCOc1cc(O)c(C(=O)/C=C/c2ccc(F)cc2Cl)cc1CN1CCNCC1. The molecular formula is C22H24ClFN2O3. The first kappa shape index (κ1) is 21.3. The van der Waals surface area contributed by atoms with Crippen LogP contribution in [0.25, 0.3) is 6.08 Å². The van der Waals surface area contributed by atoms with Crippen molar-refractivity contribution in [2.45, 2.75) is 13.5 Å². The van der Waals surface area contributed by atoms with Crippen molar-refractivity contribution >= 4 is 23.5 Å². The predicted molar refractivity (Wildman–Crippen MR) is 112 cm³/mol. The van der Waals surface area contributed by atoms with Gasteiger partial charge in [-0.1, -0.05) is 17.7 Å². The van der Waals surface area contributed by atoms with Gasteiger partial charge in [-0.15, -0.1) is 0 Å². The van der Waals surface area contributed by atoms with Crippen molar-refractivity contribution in [3.05, 3.63) is 63.9 Å². The number of nitrogens with one attached hydrogen (secondary N) is 1. The number of ketones is 1. The van der Waals surface area contributed by atoms with E-state index in [4.69, 9.17) is 16.3 Å². The molecule has 0 aromatic heterocycles. The van der Waals surface area contributed by atoms with Gasteiger partial charge in [-0.2, -0.15) is 0 Å². The zero-order valence-electron chi connectivity index (χ0n) is 16.3. The number of halogens is 2. The van der Waals surface area contributed by atoms with Crippen molar-refractivity contribution in [2.24, 2.45) is 0 Å². The molecule has 0 amide bonds. The third kappa shape index (κ3) is 5.56. The average Bonchev–Trinajstić information content (AvgIpc) is 2.70. The van der Waals surface area contributed by atoms with E-state index in [2.05, 4.69) is 10.2 Å². The lowest BCUT2D eigenvalue weighted by molar-refractivity contribution is 0.104. The van der Waals surface area contributed by atoms with Gasteiger partial charge in [0.2, 0.25) is 0 Å². The Labute approximate surface area is 174 Å². The number of carbonyl (C=O) groups excluding carboxylic acids is 1. The quantitative estimate of drug-likeness (QED) is 0.527. The second-order valence-electron chi connectivity index (χ2n) is 6.80. The molecule has 29 heavy (non-hydrogen) atoms. The van der Waals surface area contributed by atoms with Gasteiger partial charge in [0, 0.05) is 44.4 Å². The number of allylic oxidation sites excluding steroid dienone is 1. The maximum absolute atomic E-state index is 13.2. The largest absolute Gasteiger partial charge is 0.507 e. The maximum atomic E-state index is 13.2. The Hall–Kier alpha value is -2.41. The average molecular weight is 419 g/mol. The molecule has 0 radical (unpaired) electrons. The number of nitrogens with zero attached hydrogens (tertiary/aromatic N) is 1. The highest BCUT2D eigenvalue weighted by molar-refractivity contribution is 6.32. The van der Waals surface area contributed by atoms with Crippen LogP contribution in [0, 0.1) is 5.82 Å². The summed E-state index contributed by atoms with van der Waals surface area (Å²) in [4.78, 5) is 15.0. The Morgan fingerprint density at radius 1 is 1.31 bits per heavy atom. The third-order valence-electron chi connectivity index (χ3n) is 4.72. The van der Waals surface area contributed by atoms with Crippen LogP contribution < -0.4 is 10.1 Å². The Morgan fingerprint density at radius 2 is 2.07 bits per heavy atom. The summed E-state index contributed by atoms with van der Waals surface area (Å²) >= 11 is 6.00. The van der Waals surface area contributed by atoms with Gasteiger partial charge in [-0.05, 0) is 42.8 Å². The number of hydrogen-bond donors (Lipinski definition) is 2. The minimum atomic E-state index is -0.444. The topological polar surface area (TPSA) is 61.8 Å². The summed E-state index contributed by atoms with van der Waals surface area (Å²) in [6.07, 6.45) is 2.83. The minimum absolute atomic E-state index is 0.141. The Kier molecular flexibility index (Phi) is 7.25. The van der Waals surface area contributed by atoms with E-state index < -0.39 is 5.82 Å². The molecule has 0 saturated carbocycles. The van der Waals surface area contributed by atoms with E-state index in [1.165, 1.54) is 36.4 Å². The molecule has 0 unspecified atom stereocenters. The summed E-state index contributed by atoms with van der Waals surface area (Å²) in [5.74, 6) is -0.379. The molecule has 154 valence electrons. The van der Waals surface area contributed by atoms with Crippen molar-refractivity contribution in [1.82, 2.24) is 10.2 Å². The lowest BCUT2D eigenvalue weighted by Gasteiger charge is -2.28. The molecule has 1 saturated heterocycles. The van der Waals surface area contributed by atoms with Crippen LogP contribution in [0.2, 0.25) is 5.02 Å². The van der Waals surface area contributed by atoms with Crippen LogP contribution in [-0.2, 0) is 6.54 Å². The molecule has 1 heterocycles. The maximum Gasteiger partial charge on any atom is 0.189 e. The lowest BCUT2D eigenvalue weighted by Crippen LogP contribution is -2.42. The Bertz CT molecular complexity index is 911. The zero-order chi connectivity index (χ0) is 20.8. The number of rotatable bonds is 7. The molecule has 0 aliphatic carbocycles. The standard InChI is InChI=1S/C22H24ClFN2O3/c1-2-29-22-13-21(28)18(11-16(22)14-26-9-7-25-8-10-26)20(27)6-4-15-3-5-17(24)12-19(15)23/h3-6,11-13,25,28H,2,7-10,14H2,1H3/b6-4+. The number of carbonyl (C=O) groups is 1. The van der Waals surface area contributed by atoms with Gasteiger partial charge in [0.05, 0.1) is 17.2 Å². The van der Waals surface area contributed by atoms with Crippen LogP contribution in [0.4, 0.5) is 4.39 Å². The second kappa shape index (κ2) is 9.87. The zero-order valence-corrected chi connectivity index (χ0v) is 17.0. The van der Waals surface area contributed by atoms with Gasteiger partial charge in [-0.3, -0.25) is 9.69 Å². The molecule has 1 aliphatic rings. The van der Waals surface area contributed by atoms with E-state index in [1.54, 1.807) is 6.07 Å². The summed E-state index contributed by atoms with van der Waals surface area (Å²) in [7, 11) is 0. The summed E-state index contributed by atoms with van der Waals surface area (Å²) < 4.78 is 18.8. The van der Waals surface area contributed by atoms with Gasteiger partial charge in [0.25, 0.3) is 0 Å². The number of ether oxygens (including phenoxy) is 1. The molecule has 0 bridgehead atoms.